The van der Waals surface area contributed by atoms with Gasteiger partial charge in [0, 0.05) is 25.2 Å². The number of likely N-dealkylation sites (N-methyl/N-ethyl adjacent to an activating group) is 1. The first-order chi connectivity index (χ1) is 8.95. The van der Waals surface area contributed by atoms with Crippen LogP contribution in [-0.4, -0.2) is 43.8 Å². The first-order valence-electron chi connectivity index (χ1n) is 5.87. The average molecular weight is 342 g/mol. The molecule has 1 saturated heterocycles. The Hall–Kier alpha value is -0.740. The molecule has 1 aliphatic heterocycles. The molecule has 20 heavy (non-hydrogen) atoms. The maximum absolute atomic E-state index is 12.4. The molecule has 1 fully saturated rings. The van der Waals surface area contributed by atoms with Crippen molar-refractivity contribution in [3.05, 3.63) is 22.2 Å². The number of rotatable bonds is 4. The molecule has 10 heteroatoms. The minimum absolute atomic E-state index is 0. The molecule has 0 spiro atoms. The standard InChI is InChI=1S/C10H15N3O4S2.ClH/c1-11-8-3-2-6-12(7-8)19(16,17)10-5-4-9(18-10)13(14)15;/h4-5,8,11H,2-3,6-7H2,1H3;1H. The van der Waals surface area contributed by atoms with Crippen LogP contribution in [0.5, 0.6) is 0 Å². The third kappa shape index (κ3) is 3.47. The van der Waals surface area contributed by atoms with Gasteiger partial charge in [-0.1, -0.05) is 0 Å². The summed E-state index contributed by atoms with van der Waals surface area (Å²) < 4.78 is 26.2. The topological polar surface area (TPSA) is 92.6 Å². The van der Waals surface area contributed by atoms with E-state index in [1.807, 2.05) is 0 Å². The summed E-state index contributed by atoms with van der Waals surface area (Å²) >= 11 is 0.701. The van der Waals surface area contributed by atoms with Crippen molar-refractivity contribution in [2.24, 2.45) is 0 Å². The molecule has 7 nitrogen and oxygen atoms in total. The van der Waals surface area contributed by atoms with Crippen molar-refractivity contribution in [1.82, 2.24) is 9.62 Å². The van der Waals surface area contributed by atoms with Crippen LogP contribution in [0, 0.1) is 10.1 Å². The van der Waals surface area contributed by atoms with Crippen LogP contribution in [0.4, 0.5) is 5.00 Å². The molecule has 1 aliphatic rings. The summed E-state index contributed by atoms with van der Waals surface area (Å²) in [6.07, 6.45) is 1.73. The van der Waals surface area contributed by atoms with E-state index in [0.717, 1.165) is 12.8 Å². The Bertz CT molecular complexity index is 575. The molecule has 2 rings (SSSR count). The largest absolute Gasteiger partial charge is 0.325 e. The number of nitro groups is 1. The quantitative estimate of drug-likeness (QED) is 0.661. The van der Waals surface area contributed by atoms with Gasteiger partial charge in [0.1, 0.15) is 4.21 Å². The van der Waals surface area contributed by atoms with Crippen molar-refractivity contribution >= 4 is 38.8 Å². The fourth-order valence-corrected chi connectivity index (χ4v) is 4.86. The molecule has 1 atom stereocenters. The van der Waals surface area contributed by atoms with E-state index in [9.17, 15) is 18.5 Å². The number of nitrogens with one attached hydrogen (secondary N) is 1. The number of sulfonamides is 1. The summed E-state index contributed by atoms with van der Waals surface area (Å²) in [6, 6.07) is 2.68. The fraction of sp³-hybridized carbons (Fsp3) is 0.600. The lowest BCUT2D eigenvalue weighted by Crippen LogP contribution is -2.46. The molecule has 1 aromatic rings. The highest BCUT2D eigenvalue weighted by Gasteiger charge is 2.31. The second-order valence-electron chi connectivity index (χ2n) is 4.34. The summed E-state index contributed by atoms with van der Waals surface area (Å²) in [4.78, 5) is 10.0. The van der Waals surface area contributed by atoms with E-state index in [1.165, 1.54) is 16.4 Å². The Balaban J connectivity index is 0.00000200. The van der Waals surface area contributed by atoms with Crippen molar-refractivity contribution in [3.8, 4) is 0 Å². The highest BCUT2D eigenvalue weighted by Crippen LogP contribution is 2.31. The number of hydrogen-bond acceptors (Lipinski definition) is 6. The van der Waals surface area contributed by atoms with Crippen molar-refractivity contribution in [1.29, 1.82) is 0 Å². The molecule has 1 N–H and O–H groups in total. The molecule has 0 bridgehead atoms. The molecule has 0 radical (unpaired) electrons. The summed E-state index contributed by atoms with van der Waals surface area (Å²) in [5, 5.41) is 13.5. The molecule has 0 aromatic carbocycles. The van der Waals surface area contributed by atoms with Gasteiger partial charge in [0.25, 0.3) is 10.0 Å². The van der Waals surface area contributed by atoms with Crippen molar-refractivity contribution in [2.45, 2.75) is 23.1 Å². The van der Waals surface area contributed by atoms with Crippen molar-refractivity contribution < 1.29 is 13.3 Å². The Morgan fingerprint density at radius 1 is 1.50 bits per heavy atom. The molecule has 0 amide bonds. The smallest absolute Gasteiger partial charge is 0.316 e. The zero-order valence-corrected chi connectivity index (χ0v) is 13.3. The molecule has 1 unspecified atom stereocenters. The minimum atomic E-state index is -3.61. The van der Waals surface area contributed by atoms with Gasteiger partial charge in [-0.25, -0.2) is 8.42 Å². The lowest BCUT2D eigenvalue weighted by Gasteiger charge is -2.31. The summed E-state index contributed by atoms with van der Waals surface area (Å²) in [6.45, 7) is 0.872. The van der Waals surface area contributed by atoms with Gasteiger partial charge < -0.3 is 5.32 Å². The van der Waals surface area contributed by atoms with Crippen LogP contribution < -0.4 is 5.32 Å². The van der Waals surface area contributed by atoms with E-state index >= 15 is 0 Å². The highest BCUT2D eigenvalue weighted by atomic mass is 35.5. The zero-order valence-electron chi connectivity index (χ0n) is 10.8. The van der Waals surface area contributed by atoms with E-state index in [-0.39, 0.29) is 27.7 Å². The van der Waals surface area contributed by atoms with Gasteiger partial charge in [0.05, 0.1) is 4.92 Å². The molecule has 0 saturated carbocycles. The third-order valence-corrected chi connectivity index (χ3v) is 6.50. The van der Waals surface area contributed by atoms with E-state index in [2.05, 4.69) is 5.32 Å². The summed E-state index contributed by atoms with van der Waals surface area (Å²) in [7, 11) is -1.81. The first kappa shape index (κ1) is 17.3. The maximum Gasteiger partial charge on any atom is 0.325 e. The van der Waals surface area contributed by atoms with Crippen LogP contribution >= 0.6 is 23.7 Å². The number of nitrogens with zero attached hydrogens (tertiary/aromatic N) is 2. The van der Waals surface area contributed by atoms with Gasteiger partial charge in [-0.2, -0.15) is 4.31 Å². The van der Waals surface area contributed by atoms with E-state index in [4.69, 9.17) is 0 Å². The van der Waals surface area contributed by atoms with Crippen LogP contribution in [0.2, 0.25) is 0 Å². The van der Waals surface area contributed by atoms with Gasteiger partial charge >= 0.3 is 5.00 Å². The minimum Gasteiger partial charge on any atom is -0.316 e. The predicted octanol–water partition coefficient (Wildman–Crippen LogP) is 1.45. The highest BCUT2D eigenvalue weighted by molar-refractivity contribution is 7.91. The van der Waals surface area contributed by atoms with Gasteiger partial charge in [0.2, 0.25) is 0 Å². The van der Waals surface area contributed by atoms with Crippen LogP contribution in [0.1, 0.15) is 12.8 Å². The molecular formula is C10H16ClN3O4S2. The van der Waals surface area contributed by atoms with Crippen LogP contribution in [0.15, 0.2) is 16.3 Å². The van der Waals surface area contributed by atoms with Gasteiger partial charge in [-0.15, -0.1) is 12.4 Å². The third-order valence-electron chi connectivity index (χ3n) is 3.13. The number of thiophene rings is 1. The van der Waals surface area contributed by atoms with Gasteiger partial charge in [0.15, 0.2) is 0 Å². The maximum atomic E-state index is 12.4. The normalized spacial score (nSPS) is 20.4. The monoisotopic (exact) mass is 341 g/mol. The fourth-order valence-electron chi connectivity index (χ4n) is 2.07. The number of halogens is 1. The van der Waals surface area contributed by atoms with E-state index < -0.39 is 14.9 Å². The second-order valence-corrected chi connectivity index (χ2v) is 7.57. The first-order valence-corrected chi connectivity index (χ1v) is 8.12. The molecule has 1 aromatic heterocycles. The van der Waals surface area contributed by atoms with Gasteiger partial charge in [-0.05, 0) is 37.3 Å². The second kappa shape index (κ2) is 6.81. The summed E-state index contributed by atoms with van der Waals surface area (Å²) in [5.74, 6) is 0. The van der Waals surface area contributed by atoms with E-state index in [0.29, 0.717) is 24.4 Å². The predicted molar refractivity (Wildman–Crippen MR) is 79.1 cm³/mol. The number of hydrogen-bond donors (Lipinski definition) is 1. The van der Waals surface area contributed by atoms with Crippen LogP contribution in [0.3, 0.4) is 0 Å². The average Bonchev–Trinajstić information content (AvgIpc) is 2.89. The van der Waals surface area contributed by atoms with Crippen LogP contribution in [-0.2, 0) is 10.0 Å². The lowest BCUT2D eigenvalue weighted by molar-refractivity contribution is -0.380. The Labute approximate surface area is 127 Å². The SMILES string of the molecule is CNC1CCCN(S(=O)(=O)c2ccc([N+](=O)[O-])s2)C1.Cl. The van der Waals surface area contributed by atoms with Gasteiger partial charge in [-0.3, -0.25) is 10.1 Å². The summed E-state index contributed by atoms with van der Waals surface area (Å²) in [5.41, 5.74) is 0. The Kier molecular flexibility index (Phi) is 5.90. The van der Waals surface area contributed by atoms with Crippen molar-refractivity contribution in [2.75, 3.05) is 20.1 Å². The van der Waals surface area contributed by atoms with Crippen molar-refractivity contribution in [3.63, 3.8) is 0 Å². The Morgan fingerprint density at radius 3 is 2.75 bits per heavy atom. The molecule has 114 valence electrons. The molecule has 0 aliphatic carbocycles. The van der Waals surface area contributed by atoms with E-state index in [1.54, 1.807) is 7.05 Å². The molecular weight excluding hydrogens is 326 g/mol. The molecule has 2 heterocycles. The lowest BCUT2D eigenvalue weighted by atomic mass is 10.1. The van der Waals surface area contributed by atoms with Crippen LogP contribution in [0.25, 0.3) is 0 Å². The number of piperidine rings is 1. The zero-order chi connectivity index (χ0) is 14.0. The Morgan fingerprint density at radius 2 is 2.20 bits per heavy atom.